The largest absolute Gasteiger partial charge is 0.276 e. The zero-order valence-electron chi connectivity index (χ0n) is 9.79. The van der Waals surface area contributed by atoms with E-state index in [1.165, 1.54) is 6.20 Å². The highest BCUT2D eigenvalue weighted by Gasteiger charge is 2.20. The van der Waals surface area contributed by atoms with Gasteiger partial charge in [0, 0.05) is 16.7 Å². The van der Waals surface area contributed by atoms with Crippen molar-refractivity contribution in [2.45, 2.75) is 24.1 Å². The lowest BCUT2D eigenvalue weighted by Gasteiger charge is -2.05. The maximum atomic E-state index is 12.1. The molecular weight excluding hydrogens is 338 g/mol. The number of halogens is 1. The summed E-state index contributed by atoms with van der Waals surface area (Å²) in [6, 6.07) is 1.90. The smallest absolute Gasteiger partial charge is 0.272 e. The molecule has 1 N–H and O–H groups in total. The van der Waals surface area contributed by atoms with E-state index in [1.54, 1.807) is 22.3 Å². The minimum atomic E-state index is -3.54. The first-order valence-corrected chi connectivity index (χ1v) is 8.35. The predicted octanol–water partition coefficient (Wildman–Crippen LogP) is 3.09. The summed E-state index contributed by atoms with van der Waals surface area (Å²) in [5, 5.41) is 5.80. The highest BCUT2D eigenvalue weighted by Crippen LogP contribution is 2.29. The van der Waals surface area contributed by atoms with Crippen molar-refractivity contribution >= 4 is 43.0 Å². The van der Waals surface area contributed by atoms with E-state index in [-0.39, 0.29) is 10.3 Å². The lowest BCUT2D eigenvalue weighted by Crippen LogP contribution is -2.11. The summed E-state index contributed by atoms with van der Waals surface area (Å²) in [5.41, 5.74) is 0.462. The Balaban J connectivity index is 2.25. The molecule has 0 aliphatic heterocycles. The summed E-state index contributed by atoms with van der Waals surface area (Å²) in [6.07, 6.45) is 3.17. The molecule has 0 unspecified atom stereocenters. The number of hydrogen-bond acceptors (Lipinski definition) is 4. The number of rotatable bonds is 4. The molecule has 0 bridgehead atoms. The van der Waals surface area contributed by atoms with E-state index >= 15 is 0 Å². The van der Waals surface area contributed by atoms with Gasteiger partial charge >= 0.3 is 0 Å². The fraction of sp³-hybridized carbons (Fsp3) is 0.300. The van der Waals surface area contributed by atoms with Crippen LogP contribution in [-0.2, 0) is 10.0 Å². The number of nitrogens with one attached hydrogen (secondary N) is 1. The van der Waals surface area contributed by atoms with E-state index < -0.39 is 10.0 Å². The van der Waals surface area contributed by atoms with E-state index in [9.17, 15) is 8.42 Å². The number of aromatic nitrogens is 2. The standard InChI is InChI=1S/C10H12BrN3O2S2/c1-7(2)14-6-8(5-12-14)13-18(15,16)10-9(11)3-4-17-10/h3-7,13H,1-2H3. The molecular formula is C10H12BrN3O2S2. The van der Waals surface area contributed by atoms with Gasteiger partial charge < -0.3 is 0 Å². The first-order valence-electron chi connectivity index (χ1n) is 5.20. The maximum absolute atomic E-state index is 12.1. The zero-order chi connectivity index (χ0) is 13.3. The molecule has 2 aromatic rings. The Bertz CT molecular complexity index is 646. The number of hydrogen-bond donors (Lipinski definition) is 1. The molecule has 0 spiro atoms. The van der Waals surface area contributed by atoms with Gasteiger partial charge in [-0.15, -0.1) is 11.3 Å². The minimum absolute atomic E-state index is 0.191. The molecule has 2 rings (SSSR count). The van der Waals surface area contributed by atoms with Gasteiger partial charge in [0.2, 0.25) is 0 Å². The van der Waals surface area contributed by atoms with Crippen LogP contribution in [0.4, 0.5) is 5.69 Å². The first-order chi connectivity index (χ1) is 8.40. The molecule has 0 saturated carbocycles. The van der Waals surface area contributed by atoms with E-state index in [0.717, 1.165) is 11.3 Å². The van der Waals surface area contributed by atoms with Crippen LogP contribution in [0.1, 0.15) is 19.9 Å². The molecule has 2 aromatic heterocycles. The molecule has 0 atom stereocenters. The Hall–Kier alpha value is -0.860. The SMILES string of the molecule is CC(C)n1cc(NS(=O)(=O)c2sccc2Br)cn1. The summed E-state index contributed by atoms with van der Waals surface area (Å²) in [4.78, 5) is 0. The van der Waals surface area contributed by atoms with E-state index in [1.807, 2.05) is 13.8 Å². The average molecular weight is 350 g/mol. The second-order valence-electron chi connectivity index (χ2n) is 3.96. The van der Waals surface area contributed by atoms with Crippen LogP contribution in [0.15, 0.2) is 32.5 Å². The molecule has 0 aliphatic carbocycles. The average Bonchev–Trinajstić information content (AvgIpc) is 2.86. The lowest BCUT2D eigenvalue weighted by molar-refractivity contribution is 0.532. The predicted molar refractivity (Wildman–Crippen MR) is 75.4 cm³/mol. The Morgan fingerprint density at radius 1 is 1.50 bits per heavy atom. The van der Waals surface area contributed by atoms with Gasteiger partial charge in [0.1, 0.15) is 0 Å². The topological polar surface area (TPSA) is 64.0 Å². The second kappa shape index (κ2) is 5.02. The van der Waals surface area contributed by atoms with Crippen molar-refractivity contribution in [3.63, 3.8) is 0 Å². The van der Waals surface area contributed by atoms with Gasteiger partial charge in [-0.3, -0.25) is 9.40 Å². The van der Waals surface area contributed by atoms with Gasteiger partial charge in [-0.1, -0.05) is 0 Å². The highest BCUT2D eigenvalue weighted by atomic mass is 79.9. The molecule has 2 heterocycles. The zero-order valence-corrected chi connectivity index (χ0v) is 13.0. The van der Waals surface area contributed by atoms with Crippen LogP contribution in [0.2, 0.25) is 0 Å². The monoisotopic (exact) mass is 349 g/mol. The van der Waals surface area contributed by atoms with Crippen LogP contribution in [0, 0.1) is 0 Å². The van der Waals surface area contributed by atoms with Crippen LogP contribution < -0.4 is 4.72 Å². The molecule has 8 heteroatoms. The van der Waals surface area contributed by atoms with E-state index in [0.29, 0.717) is 10.2 Å². The normalized spacial score (nSPS) is 12.0. The molecule has 0 saturated heterocycles. The Labute approximate surface area is 118 Å². The van der Waals surface area contributed by atoms with Crippen LogP contribution in [0.3, 0.4) is 0 Å². The van der Waals surface area contributed by atoms with Gasteiger partial charge in [0.25, 0.3) is 10.0 Å². The Kier molecular flexibility index (Phi) is 3.79. The van der Waals surface area contributed by atoms with Crippen molar-refractivity contribution in [2.24, 2.45) is 0 Å². The molecule has 98 valence electrons. The summed E-state index contributed by atoms with van der Waals surface area (Å²) in [5.74, 6) is 0. The molecule has 0 fully saturated rings. The fourth-order valence-corrected chi connectivity index (χ4v) is 4.71. The lowest BCUT2D eigenvalue weighted by atomic mass is 10.4. The van der Waals surface area contributed by atoms with Crippen molar-refractivity contribution in [2.75, 3.05) is 4.72 Å². The Morgan fingerprint density at radius 2 is 2.22 bits per heavy atom. The summed E-state index contributed by atoms with van der Waals surface area (Å²) in [7, 11) is -3.54. The van der Waals surface area contributed by atoms with Crippen molar-refractivity contribution < 1.29 is 8.42 Å². The molecule has 0 aliphatic rings. The van der Waals surface area contributed by atoms with Gasteiger partial charge in [-0.2, -0.15) is 5.10 Å². The van der Waals surface area contributed by atoms with Crippen LogP contribution in [0.25, 0.3) is 0 Å². The number of sulfonamides is 1. The molecule has 0 aromatic carbocycles. The highest BCUT2D eigenvalue weighted by molar-refractivity contribution is 9.10. The fourth-order valence-electron chi connectivity index (χ4n) is 1.35. The Morgan fingerprint density at radius 3 is 2.72 bits per heavy atom. The van der Waals surface area contributed by atoms with Crippen molar-refractivity contribution in [1.29, 1.82) is 0 Å². The first kappa shape index (κ1) is 13.6. The van der Waals surface area contributed by atoms with E-state index in [4.69, 9.17) is 0 Å². The minimum Gasteiger partial charge on any atom is -0.276 e. The number of anilines is 1. The van der Waals surface area contributed by atoms with Crippen LogP contribution in [-0.4, -0.2) is 18.2 Å². The van der Waals surface area contributed by atoms with Gasteiger partial charge in [-0.05, 0) is 41.2 Å². The summed E-state index contributed by atoms with van der Waals surface area (Å²) < 4.78 is 29.2. The number of nitrogens with zero attached hydrogens (tertiary/aromatic N) is 2. The number of thiophene rings is 1. The molecule has 0 amide bonds. The van der Waals surface area contributed by atoms with Crippen molar-refractivity contribution in [1.82, 2.24) is 9.78 Å². The maximum Gasteiger partial charge on any atom is 0.272 e. The third-order valence-corrected chi connectivity index (χ3v) is 6.26. The van der Waals surface area contributed by atoms with Crippen molar-refractivity contribution in [3.05, 3.63) is 28.3 Å². The van der Waals surface area contributed by atoms with Gasteiger partial charge in [-0.25, -0.2) is 8.42 Å². The molecule has 0 radical (unpaired) electrons. The van der Waals surface area contributed by atoms with Gasteiger partial charge in [0.05, 0.1) is 11.9 Å². The van der Waals surface area contributed by atoms with Crippen LogP contribution >= 0.6 is 27.3 Å². The van der Waals surface area contributed by atoms with E-state index in [2.05, 4.69) is 25.8 Å². The van der Waals surface area contributed by atoms with Gasteiger partial charge in [0.15, 0.2) is 4.21 Å². The molecule has 18 heavy (non-hydrogen) atoms. The second-order valence-corrected chi connectivity index (χ2v) is 7.61. The summed E-state index contributed by atoms with van der Waals surface area (Å²) in [6.45, 7) is 3.95. The third-order valence-electron chi connectivity index (χ3n) is 2.21. The third kappa shape index (κ3) is 2.76. The summed E-state index contributed by atoms with van der Waals surface area (Å²) >= 11 is 4.38. The van der Waals surface area contributed by atoms with Crippen molar-refractivity contribution in [3.8, 4) is 0 Å². The quantitative estimate of drug-likeness (QED) is 0.922. The van der Waals surface area contributed by atoms with Crippen LogP contribution in [0.5, 0.6) is 0 Å². The molecule has 5 nitrogen and oxygen atoms in total.